The second-order valence-electron chi connectivity index (χ2n) is 17.0. The van der Waals surface area contributed by atoms with E-state index in [9.17, 15) is 53.1 Å². The fraction of sp³-hybridized carbons (Fsp3) is 0.756. The molecular weight excluding hydrogens is 841 g/mol. The Bertz CT molecular complexity index is 1580. The van der Waals surface area contributed by atoms with E-state index in [1.807, 2.05) is 20.1 Å². The number of aliphatic carboxylic acids is 1. The van der Waals surface area contributed by atoms with Gasteiger partial charge in [-0.15, -0.1) is 0 Å². The van der Waals surface area contributed by atoms with Gasteiger partial charge in [0.05, 0.1) is 19.6 Å². The van der Waals surface area contributed by atoms with E-state index in [2.05, 4.69) is 47.9 Å². The molecule has 0 bridgehead atoms. The third kappa shape index (κ3) is 21.8. The van der Waals surface area contributed by atoms with Gasteiger partial charge in [-0.1, -0.05) is 75.7 Å². The van der Waals surface area contributed by atoms with E-state index >= 15 is 0 Å². The Hall–Kier alpha value is -4.99. The Kier molecular flexibility index (Phi) is 27.1. The molecule has 0 saturated heterocycles. The predicted octanol–water partition coefficient (Wildman–Crippen LogP) is -1.51. The highest BCUT2D eigenvalue weighted by Crippen LogP contribution is 2.13. The standard InChI is InChI=1S/C41H74N10O11S/c1-13-24(10)34(40(60)45-25(11)41(61)62)51-39(59)33(23(8)9)50-38(58)32(22(6)7)48-30(54)19-43-29(53)18-44-37(57)31(21(4)5)49-35(55)26(14-15-63-12)47-36(56)27(16-20(2)3)46-28(52)17-42/h20-27,31-34H,13-19,42H2,1-12H3,(H,43,53)(H,44,57)(H,45,60)(H,46,52)(H,47,56)(H,48,54)(H,49,55)(H,50,58)(H,51,59)(H,61,62)/t24-,25-,26-,27-,31-,32-,33-,34-/m0/s1. The molecule has 0 aromatic heterocycles. The van der Waals surface area contributed by atoms with Gasteiger partial charge in [-0.3, -0.25) is 47.9 Å². The minimum absolute atomic E-state index is 0.0307. The Morgan fingerprint density at radius 3 is 1.46 bits per heavy atom. The van der Waals surface area contributed by atoms with E-state index < -0.39 is 132 Å². The molecule has 8 atom stereocenters. The number of nitrogens with two attached hydrogens (primary N) is 1. The van der Waals surface area contributed by atoms with Crippen molar-refractivity contribution in [2.24, 2.45) is 35.3 Å². The summed E-state index contributed by atoms with van der Waals surface area (Å²) >= 11 is 1.44. The summed E-state index contributed by atoms with van der Waals surface area (Å²) in [6, 6.07) is -7.71. The molecule has 0 aromatic rings. The zero-order valence-corrected chi connectivity index (χ0v) is 39.7. The number of carboxylic acid groups (broad SMARTS) is 1. The third-order valence-corrected chi connectivity index (χ3v) is 10.6. The Labute approximate surface area is 375 Å². The van der Waals surface area contributed by atoms with Crippen LogP contribution in [0.1, 0.15) is 95.4 Å². The van der Waals surface area contributed by atoms with Crippen molar-refractivity contribution in [1.29, 1.82) is 0 Å². The Balaban J connectivity index is 5.61. The maximum absolute atomic E-state index is 13.5. The highest BCUT2D eigenvalue weighted by Gasteiger charge is 2.35. The molecule has 360 valence electrons. The fourth-order valence-corrected chi connectivity index (χ4v) is 6.36. The molecule has 0 heterocycles. The minimum atomic E-state index is -1.25. The van der Waals surface area contributed by atoms with Gasteiger partial charge in [0.25, 0.3) is 0 Å². The van der Waals surface area contributed by atoms with Gasteiger partial charge in [0.15, 0.2) is 0 Å². The Morgan fingerprint density at radius 1 is 0.524 bits per heavy atom. The Morgan fingerprint density at radius 2 is 0.984 bits per heavy atom. The summed E-state index contributed by atoms with van der Waals surface area (Å²) in [4.78, 5) is 129. The van der Waals surface area contributed by atoms with E-state index in [1.54, 1.807) is 55.4 Å². The van der Waals surface area contributed by atoms with Crippen molar-refractivity contribution in [1.82, 2.24) is 47.9 Å². The van der Waals surface area contributed by atoms with Crippen molar-refractivity contribution in [3.05, 3.63) is 0 Å². The molecule has 0 radical (unpaired) electrons. The molecule has 0 unspecified atom stereocenters. The average Bonchev–Trinajstić information content (AvgIpc) is 3.20. The van der Waals surface area contributed by atoms with Gasteiger partial charge in [-0.2, -0.15) is 11.8 Å². The van der Waals surface area contributed by atoms with Crippen molar-refractivity contribution < 1.29 is 53.1 Å². The fourth-order valence-electron chi connectivity index (χ4n) is 5.89. The first kappa shape index (κ1) is 58.0. The van der Waals surface area contributed by atoms with Crippen LogP contribution >= 0.6 is 11.8 Å². The number of rotatable bonds is 29. The zero-order valence-electron chi connectivity index (χ0n) is 38.9. The molecule has 63 heavy (non-hydrogen) atoms. The van der Waals surface area contributed by atoms with E-state index in [-0.39, 0.29) is 24.8 Å². The maximum Gasteiger partial charge on any atom is 0.325 e. The lowest BCUT2D eigenvalue weighted by molar-refractivity contribution is -0.142. The highest BCUT2D eigenvalue weighted by molar-refractivity contribution is 7.98. The molecule has 12 N–H and O–H groups in total. The molecule has 21 nitrogen and oxygen atoms in total. The van der Waals surface area contributed by atoms with Gasteiger partial charge in [-0.25, -0.2) is 0 Å². The summed E-state index contributed by atoms with van der Waals surface area (Å²) in [6.45, 7) is 17.1. The zero-order chi connectivity index (χ0) is 48.7. The lowest BCUT2D eigenvalue weighted by Gasteiger charge is -2.30. The molecule has 0 aliphatic rings. The lowest BCUT2D eigenvalue weighted by atomic mass is 9.95. The first-order valence-electron chi connectivity index (χ1n) is 21.4. The topological polar surface area (TPSA) is 325 Å². The summed E-state index contributed by atoms with van der Waals surface area (Å²) in [7, 11) is 0. The molecule has 0 aliphatic carbocycles. The number of amides is 9. The van der Waals surface area contributed by atoms with Gasteiger partial charge in [0.1, 0.15) is 42.3 Å². The number of nitrogens with one attached hydrogen (secondary N) is 9. The summed E-state index contributed by atoms with van der Waals surface area (Å²) in [5.41, 5.74) is 5.42. The molecule has 0 rings (SSSR count). The molecule has 0 aromatic carbocycles. The first-order valence-corrected chi connectivity index (χ1v) is 22.8. The van der Waals surface area contributed by atoms with Crippen LogP contribution in [-0.4, -0.2) is 138 Å². The summed E-state index contributed by atoms with van der Waals surface area (Å²) < 4.78 is 0. The maximum atomic E-state index is 13.5. The molecule has 0 fully saturated rings. The predicted molar refractivity (Wildman–Crippen MR) is 238 cm³/mol. The van der Waals surface area contributed by atoms with E-state index in [4.69, 9.17) is 5.73 Å². The molecule has 9 amide bonds. The SMILES string of the molecule is CC[C@H](C)[C@H](NC(=O)[C@@H](NC(=O)[C@@H](NC(=O)CNC(=O)CNC(=O)[C@@H](NC(=O)[C@H](CCSC)NC(=O)[C@H](CC(C)C)NC(=O)CN)C(C)C)C(C)C)C(C)C)C(=O)N[C@@H](C)C(=O)O. The van der Waals surface area contributed by atoms with Crippen molar-refractivity contribution in [2.75, 3.05) is 31.6 Å². The number of hydrogen-bond acceptors (Lipinski definition) is 12. The van der Waals surface area contributed by atoms with Gasteiger partial charge in [0.2, 0.25) is 53.2 Å². The van der Waals surface area contributed by atoms with Crippen molar-refractivity contribution in [3.8, 4) is 0 Å². The van der Waals surface area contributed by atoms with Gasteiger partial charge < -0.3 is 58.7 Å². The van der Waals surface area contributed by atoms with Crippen molar-refractivity contribution in [3.63, 3.8) is 0 Å². The first-order chi connectivity index (χ1) is 29.3. The lowest BCUT2D eigenvalue weighted by Crippen LogP contribution is -2.61. The minimum Gasteiger partial charge on any atom is -0.480 e. The summed E-state index contributed by atoms with van der Waals surface area (Å²) in [5, 5.41) is 32.2. The second kappa shape index (κ2) is 29.4. The number of hydrogen-bond donors (Lipinski definition) is 11. The number of carboxylic acids is 1. The second-order valence-corrected chi connectivity index (χ2v) is 18.0. The number of carbonyl (C=O) groups is 10. The van der Waals surface area contributed by atoms with Gasteiger partial charge in [-0.05, 0) is 61.4 Å². The molecule has 22 heteroatoms. The number of thioether (sulfide) groups is 1. The quantitative estimate of drug-likeness (QED) is 0.0407. The van der Waals surface area contributed by atoms with Crippen LogP contribution in [0.5, 0.6) is 0 Å². The van der Waals surface area contributed by atoms with Crippen LogP contribution in [0.3, 0.4) is 0 Å². The normalized spacial score (nSPS) is 15.1. The van der Waals surface area contributed by atoms with E-state index in [1.165, 1.54) is 18.7 Å². The van der Waals surface area contributed by atoms with Crippen LogP contribution in [0, 0.1) is 29.6 Å². The van der Waals surface area contributed by atoms with Crippen molar-refractivity contribution in [2.45, 2.75) is 138 Å². The highest BCUT2D eigenvalue weighted by atomic mass is 32.2. The average molecular weight is 915 g/mol. The van der Waals surface area contributed by atoms with Crippen LogP contribution < -0.4 is 53.6 Å². The van der Waals surface area contributed by atoms with Crippen LogP contribution in [0.4, 0.5) is 0 Å². The van der Waals surface area contributed by atoms with Crippen LogP contribution in [0.25, 0.3) is 0 Å². The van der Waals surface area contributed by atoms with Gasteiger partial charge in [0, 0.05) is 0 Å². The smallest absolute Gasteiger partial charge is 0.325 e. The van der Waals surface area contributed by atoms with Gasteiger partial charge >= 0.3 is 5.97 Å². The molecular formula is C41H74N10O11S. The number of carbonyl (C=O) groups excluding carboxylic acids is 9. The molecule has 0 aliphatic heterocycles. The molecule has 0 saturated carbocycles. The van der Waals surface area contributed by atoms with E-state index in [0.29, 0.717) is 18.6 Å². The van der Waals surface area contributed by atoms with Crippen LogP contribution in [0.2, 0.25) is 0 Å². The van der Waals surface area contributed by atoms with Crippen molar-refractivity contribution >= 4 is 70.9 Å². The largest absolute Gasteiger partial charge is 0.480 e. The van der Waals surface area contributed by atoms with Crippen LogP contribution in [-0.2, 0) is 47.9 Å². The monoisotopic (exact) mass is 915 g/mol. The summed E-state index contributed by atoms with van der Waals surface area (Å²) in [5.74, 6) is -8.57. The van der Waals surface area contributed by atoms with E-state index in [0.717, 1.165) is 0 Å². The van der Waals surface area contributed by atoms with Crippen LogP contribution in [0.15, 0.2) is 0 Å². The summed E-state index contributed by atoms with van der Waals surface area (Å²) in [6.07, 6.45) is 2.82. The molecule has 0 spiro atoms. The third-order valence-electron chi connectivity index (χ3n) is 9.94.